The third-order valence-electron chi connectivity index (χ3n) is 2.12. The summed E-state index contributed by atoms with van der Waals surface area (Å²) in [5.41, 5.74) is 0.408. The Morgan fingerprint density at radius 3 is 1.61 bits per heavy atom. The van der Waals surface area contributed by atoms with Crippen LogP contribution in [0.3, 0.4) is 0 Å². The summed E-state index contributed by atoms with van der Waals surface area (Å²) >= 11 is 0. The predicted molar refractivity (Wildman–Crippen MR) is 62.2 cm³/mol. The van der Waals surface area contributed by atoms with Crippen LogP contribution in [0.2, 0.25) is 0 Å². The van der Waals surface area contributed by atoms with Gasteiger partial charge in [-0.2, -0.15) is 0 Å². The Hall–Kier alpha value is -2.64. The maximum absolute atomic E-state index is 11.6. The van der Waals surface area contributed by atoms with Crippen molar-refractivity contribution in [2.24, 2.45) is 10.6 Å². The molecule has 8 nitrogen and oxygen atoms in total. The largest absolute Gasteiger partial charge is 0.345 e. The smallest absolute Gasteiger partial charge is 0.301 e. The summed E-state index contributed by atoms with van der Waals surface area (Å²) in [6.07, 6.45) is 0. The Morgan fingerprint density at radius 2 is 1.28 bits per heavy atom. The van der Waals surface area contributed by atoms with E-state index in [1.54, 1.807) is 14.1 Å². The summed E-state index contributed by atoms with van der Waals surface area (Å²) in [6, 6.07) is 5.43. The van der Waals surface area contributed by atoms with Gasteiger partial charge in [0.2, 0.25) is 0 Å². The summed E-state index contributed by atoms with van der Waals surface area (Å²) in [4.78, 5) is 44.6. The van der Waals surface area contributed by atoms with Crippen LogP contribution in [0.5, 0.6) is 0 Å². The van der Waals surface area contributed by atoms with Crippen molar-refractivity contribution < 1.29 is 9.59 Å². The van der Waals surface area contributed by atoms with Gasteiger partial charge in [-0.15, -0.1) is 9.81 Å². The van der Waals surface area contributed by atoms with Crippen LogP contribution in [-0.4, -0.2) is 35.9 Å². The number of hydrogen-bond acceptors (Lipinski definition) is 6. The Bertz CT molecular complexity index is 475. The van der Waals surface area contributed by atoms with Crippen LogP contribution in [0.1, 0.15) is 20.7 Å². The van der Waals surface area contributed by atoms with Crippen molar-refractivity contribution in [3.8, 4) is 0 Å². The molecule has 8 heteroatoms. The first kappa shape index (κ1) is 13.4. The van der Waals surface area contributed by atoms with Crippen molar-refractivity contribution in [3.63, 3.8) is 0 Å². The van der Waals surface area contributed by atoms with Crippen molar-refractivity contribution in [2.45, 2.75) is 0 Å². The molecular formula is C10H10N4O4. The van der Waals surface area contributed by atoms with Gasteiger partial charge in [-0.3, -0.25) is 9.59 Å². The van der Waals surface area contributed by atoms with Crippen LogP contribution < -0.4 is 0 Å². The number of carbonyl (C=O) groups excluding carboxylic acids is 2. The minimum absolute atomic E-state index is 0.0320. The van der Waals surface area contributed by atoms with Gasteiger partial charge in [0.05, 0.1) is 10.6 Å². The maximum Gasteiger partial charge on any atom is 0.301 e. The molecule has 0 spiro atoms. The van der Waals surface area contributed by atoms with E-state index in [-0.39, 0.29) is 16.6 Å². The highest BCUT2D eigenvalue weighted by Gasteiger charge is 2.18. The molecule has 0 aromatic heterocycles. The SMILES string of the molecule is CN(C)C(=O)c1ccc(C(=O)N(N=O)N=O)cc1. The molecule has 0 heterocycles. The van der Waals surface area contributed by atoms with E-state index >= 15 is 0 Å². The molecule has 0 saturated carbocycles. The molecule has 0 bridgehead atoms. The second-order valence-corrected chi connectivity index (χ2v) is 3.53. The van der Waals surface area contributed by atoms with Crippen molar-refractivity contribution in [1.29, 1.82) is 0 Å². The van der Waals surface area contributed by atoms with Gasteiger partial charge in [0.25, 0.3) is 5.91 Å². The second kappa shape index (κ2) is 5.62. The lowest BCUT2D eigenvalue weighted by Gasteiger charge is -2.10. The first-order chi connectivity index (χ1) is 8.51. The highest BCUT2D eigenvalue weighted by Crippen LogP contribution is 2.09. The van der Waals surface area contributed by atoms with Gasteiger partial charge in [0.15, 0.2) is 0 Å². The number of nitroso groups, excluding NO2 is 2. The zero-order valence-corrected chi connectivity index (χ0v) is 9.73. The van der Waals surface area contributed by atoms with Crippen LogP contribution in [-0.2, 0) is 0 Å². The molecule has 0 radical (unpaired) electrons. The van der Waals surface area contributed by atoms with E-state index in [0.717, 1.165) is 0 Å². The molecular weight excluding hydrogens is 240 g/mol. The van der Waals surface area contributed by atoms with Gasteiger partial charge < -0.3 is 4.90 Å². The van der Waals surface area contributed by atoms with E-state index in [4.69, 9.17) is 0 Å². The van der Waals surface area contributed by atoms with Gasteiger partial charge in [-0.25, -0.2) is 0 Å². The fourth-order valence-electron chi connectivity index (χ4n) is 1.22. The number of carbonyl (C=O) groups is 2. The van der Waals surface area contributed by atoms with Crippen molar-refractivity contribution in [3.05, 3.63) is 45.2 Å². The molecule has 94 valence electrons. The monoisotopic (exact) mass is 250 g/mol. The molecule has 0 aliphatic carbocycles. The van der Waals surface area contributed by atoms with Gasteiger partial charge in [0.1, 0.15) is 0 Å². The minimum atomic E-state index is -0.955. The van der Waals surface area contributed by atoms with E-state index in [9.17, 15) is 19.4 Å². The van der Waals surface area contributed by atoms with E-state index in [0.29, 0.717) is 5.56 Å². The predicted octanol–water partition coefficient (Wildman–Crippen LogP) is 1.19. The first-order valence-corrected chi connectivity index (χ1v) is 4.84. The highest BCUT2D eigenvalue weighted by molar-refractivity contribution is 5.97. The Morgan fingerprint density at radius 1 is 0.889 bits per heavy atom. The average molecular weight is 250 g/mol. The standard InChI is InChI=1S/C10H10N4O4/c1-13(2)9(15)7-3-5-8(6-4-7)10(16)14(11-17)12-18/h3-6H,1-2H3. The van der Waals surface area contributed by atoms with Crippen LogP contribution in [0.25, 0.3) is 0 Å². The summed E-state index contributed by atoms with van der Waals surface area (Å²) in [6.45, 7) is 0. The Kier molecular flexibility index (Phi) is 4.19. The third kappa shape index (κ3) is 2.73. The second-order valence-electron chi connectivity index (χ2n) is 3.53. The van der Waals surface area contributed by atoms with Crippen molar-refractivity contribution in [2.75, 3.05) is 14.1 Å². The number of hydrogen-bond donors (Lipinski definition) is 0. The molecule has 0 fully saturated rings. The topological polar surface area (TPSA) is 99.5 Å². The molecule has 0 unspecified atom stereocenters. The van der Waals surface area contributed by atoms with E-state index in [1.165, 1.54) is 29.2 Å². The van der Waals surface area contributed by atoms with Crippen molar-refractivity contribution in [1.82, 2.24) is 10.0 Å². The normalized spacial score (nSPS) is 9.44. The lowest BCUT2D eigenvalue weighted by Crippen LogP contribution is -2.22. The minimum Gasteiger partial charge on any atom is -0.345 e. The summed E-state index contributed by atoms with van der Waals surface area (Å²) in [5, 5.41) is 4.19. The molecule has 1 aromatic carbocycles. The lowest BCUT2D eigenvalue weighted by atomic mass is 10.1. The zero-order chi connectivity index (χ0) is 13.7. The first-order valence-electron chi connectivity index (χ1n) is 4.84. The Balaban J connectivity index is 2.96. The lowest BCUT2D eigenvalue weighted by molar-refractivity contribution is 0.0757. The number of benzene rings is 1. The van der Waals surface area contributed by atoms with Crippen molar-refractivity contribution >= 4 is 11.8 Å². The average Bonchev–Trinajstić information content (AvgIpc) is 2.39. The molecule has 18 heavy (non-hydrogen) atoms. The number of rotatable bonds is 4. The molecule has 0 atom stereocenters. The fourth-order valence-corrected chi connectivity index (χ4v) is 1.22. The van der Waals surface area contributed by atoms with Gasteiger partial charge in [0, 0.05) is 25.2 Å². The Labute approximate surface area is 102 Å². The molecule has 1 aromatic rings. The molecule has 2 amide bonds. The molecule has 0 N–H and O–H groups in total. The van der Waals surface area contributed by atoms with Crippen LogP contribution in [0, 0.1) is 9.81 Å². The van der Waals surface area contributed by atoms with Gasteiger partial charge >= 0.3 is 5.91 Å². The van der Waals surface area contributed by atoms with E-state index in [2.05, 4.69) is 10.6 Å². The van der Waals surface area contributed by atoms with Gasteiger partial charge in [-0.1, -0.05) is 0 Å². The summed E-state index contributed by atoms with van der Waals surface area (Å²) in [5.74, 6) is -1.18. The number of amides is 2. The van der Waals surface area contributed by atoms with Crippen LogP contribution in [0.4, 0.5) is 0 Å². The van der Waals surface area contributed by atoms with Crippen LogP contribution >= 0.6 is 0 Å². The molecule has 0 saturated heterocycles. The summed E-state index contributed by atoms with van der Waals surface area (Å²) in [7, 11) is 3.19. The number of nitrogens with zero attached hydrogens (tertiary/aromatic N) is 4. The van der Waals surface area contributed by atoms with Gasteiger partial charge in [-0.05, 0) is 29.4 Å². The van der Waals surface area contributed by atoms with Crippen LogP contribution in [0.15, 0.2) is 34.8 Å². The molecule has 0 aliphatic rings. The maximum atomic E-state index is 11.6. The zero-order valence-electron chi connectivity index (χ0n) is 9.73. The summed E-state index contributed by atoms with van der Waals surface area (Å²) < 4.78 is 0. The van der Waals surface area contributed by atoms with E-state index in [1.807, 2.05) is 0 Å². The van der Waals surface area contributed by atoms with E-state index < -0.39 is 5.91 Å². The highest BCUT2D eigenvalue weighted by atomic mass is 16.4. The molecule has 0 aliphatic heterocycles. The quantitative estimate of drug-likeness (QED) is 0.591. The third-order valence-corrected chi connectivity index (χ3v) is 2.12. The molecule has 1 rings (SSSR count). The fraction of sp³-hybridized carbons (Fsp3) is 0.200.